The summed E-state index contributed by atoms with van der Waals surface area (Å²) in [6, 6.07) is 0.313. The van der Waals surface area contributed by atoms with Crippen LogP contribution in [0, 0.1) is 11.3 Å². The van der Waals surface area contributed by atoms with Crippen molar-refractivity contribution in [1.29, 1.82) is 0 Å². The molecule has 0 aromatic carbocycles. The van der Waals surface area contributed by atoms with Crippen molar-refractivity contribution in [1.82, 2.24) is 4.90 Å². The molecule has 3 nitrogen and oxygen atoms in total. The van der Waals surface area contributed by atoms with Crippen LogP contribution in [0.3, 0.4) is 0 Å². The molecule has 1 N–H and O–H groups in total. The minimum Gasteiger partial charge on any atom is -0.411 e. The molecule has 0 aromatic heterocycles. The van der Waals surface area contributed by atoms with Crippen LogP contribution >= 0.6 is 0 Å². The number of rotatable bonds is 1. The Bertz CT molecular complexity index is 240. The average Bonchev–Trinajstić information content (AvgIpc) is 2.15. The van der Waals surface area contributed by atoms with Crippen LogP contribution in [0.4, 0.5) is 0 Å². The monoisotopic (exact) mass is 212 g/mol. The van der Waals surface area contributed by atoms with E-state index >= 15 is 0 Å². The van der Waals surface area contributed by atoms with Gasteiger partial charge in [0.25, 0.3) is 0 Å². The van der Waals surface area contributed by atoms with Gasteiger partial charge in [-0.25, -0.2) is 0 Å². The summed E-state index contributed by atoms with van der Waals surface area (Å²) in [5, 5.41) is 12.4. The van der Waals surface area contributed by atoms with Gasteiger partial charge in [0, 0.05) is 0 Å². The highest BCUT2D eigenvalue weighted by molar-refractivity contribution is 5.89. The van der Waals surface area contributed by atoms with Crippen LogP contribution in [0.2, 0.25) is 0 Å². The van der Waals surface area contributed by atoms with E-state index in [-0.39, 0.29) is 0 Å². The van der Waals surface area contributed by atoms with Gasteiger partial charge < -0.3 is 10.1 Å². The van der Waals surface area contributed by atoms with Crippen molar-refractivity contribution in [3.05, 3.63) is 0 Å². The quantitative estimate of drug-likeness (QED) is 0.535. The lowest BCUT2D eigenvalue weighted by molar-refractivity contribution is 0.160. The Morgan fingerprint density at radius 1 is 1.33 bits per heavy atom. The van der Waals surface area contributed by atoms with E-state index in [1.165, 1.54) is 0 Å². The molecule has 2 atom stereocenters. The van der Waals surface area contributed by atoms with Gasteiger partial charge in [-0.2, -0.15) is 0 Å². The Morgan fingerprint density at radius 3 is 2.33 bits per heavy atom. The van der Waals surface area contributed by atoms with Gasteiger partial charge in [-0.15, -0.1) is 0 Å². The highest BCUT2D eigenvalue weighted by Crippen LogP contribution is 2.37. The summed E-state index contributed by atoms with van der Waals surface area (Å²) in [4.78, 5) is 2.16. The van der Waals surface area contributed by atoms with Crippen LogP contribution in [0.5, 0.6) is 0 Å². The van der Waals surface area contributed by atoms with Crippen molar-refractivity contribution >= 4 is 5.71 Å². The summed E-state index contributed by atoms with van der Waals surface area (Å²) in [5.74, 6) is 0.718. The third-order valence-electron chi connectivity index (χ3n) is 3.62. The largest absolute Gasteiger partial charge is 0.411 e. The fourth-order valence-electron chi connectivity index (χ4n) is 2.42. The molecular formula is C12H24N2O. The zero-order chi connectivity index (χ0) is 11.6. The molecule has 0 heterocycles. The average molecular weight is 212 g/mol. The van der Waals surface area contributed by atoms with E-state index in [9.17, 15) is 0 Å². The molecule has 1 aliphatic rings. The molecule has 0 aliphatic heterocycles. The molecule has 1 rings (SSSR count). The van der Waals surface area contributed by atoms with Gasteiger partial charge in [0.2, 0.25) is 0 Å². The Morgan fingerprint density at radius 2 is 1.93 bits per heavy atom. The Labute approximate surface area is 93.2 Å². The molecule has 0 spiro atoms. The van der Waals surface area contributed by atoms with Crippen LogP contribution in [0.25, 0.3) is 0 Å². The highest BCUT2D eigenvalue weighted by Gasteiger charge is 2.34. The van der Waals surface area contributed by atoms with Gasteiger partial charge in [-0.3, -0.25) is 0 Å². The first-order chi connectivity index (χ1) is 6.86. The molecule has 0 aromatic rings. The lowest BCUT2D eigenvalue weighted by Gasteiger charge is -2.40. The maximum atomic E-state index is 8.96. The first kappa shape index (κ1) is 12.5. The standard InChI is InChI=1S/C12H24N2O/c1-12(2,3)9-6-7-10(13-15)11(8-9)14(4)5/h9,11,15H,6-8H2,1-5H3/b13-10-. The van der Waals surface area contributed by atoms with Gasteiger partial charge in [-0.1, -0.05) is 25.9 Å². The van der Waals surface area contributed by atoms with E-state index in [2.05, 4.69) is 44.9 Å². The molecule has 1 fully saturated rings. The number of nitrogens with zero attached hydrogens (tertiary/aromatic N) is 2. The molecule has 15 heavy (non-hydrogen) atoms. The molecule has 1 saturated carbocycles. The minimum atomic E-state index is 0.313. The van der Waals surface area contributed by atoms with E-state index in [1.807, 2.05) is 0 Å². The number of hydrogen-bond acceptors (Lipinski definition) is 3. The molecule has 0 radical (unpaired) electrons. The summed E-state index contributed by atoms with van der Waals surface area (Å²) in [5.41, 5.74) is 1.30. The Hall–Kier alpha value is -0.570. The van der Waals surface area contributed by atoms with Crippen molar-refractivity contribution in [3.8, 4) is 0 Å². The summed E-state index contributed by atoms with van der Waals surface area (Å²) in [7, 11) is 4.11. The van der Waals surface area contributed by atoms with Crippen molar-refractivity contribution in [2.45, 2.75) is 46.1 Å². The van der Waals surface area contributed by atoms with Crippen LogP contribution in [-0.2, 0) is 0 Å². The van der Waals surface area contributed by atoms with Crippen LogP contribution in [0.1, 0.15) is 40.0 Å². The summed E-state index contributed by atoms with van der Waals surface area (Å²) >= 11 is 0. The summed E-state index contributed by atoms with van der Waals surface area (Å²) < 4.78 is 0. The molecule has 0 bridgehead atoms. The minimum absolute atomic E-state index is 0.313. The van der Waals surface area contributed by atoms with Crippen molar-refractivity contribution < 1.29 is 5.21 Å². The molecule has 0 saturated heterocycles. The van der Waals surface area contributed by atoms with Crippen molar-refractivity contribution in [2.24, 2.45) is 16.5 Å². The van der Waals surface area contributed by atoms with E-state index < -0.39 is 0 Å². The van der Waals surface area contributed by atoms with E-state index in [0.29, 0.717) is 11.5 Å². The first-order valence-corrected chi connectivity index (χ1v) is 5.73. The predicted octanol–water partition coefficient (Wildman–Crippen LogP) is 2.59. The van der Waals surface area contributed by atoms with Gasteiger partial charge in [0.05, 0.1) is 11.8 Å². The summed E-state index contributed by atoms with van der Waals surface area (Å²) in [6.07, 6.45) is 3.18. The molecule has 2 unspecified atom stereocenters. The van der Waals surface area contributed by atoms with Crippen LogP contribution in [0.15, 0.2) is 5.16 Å². The van der Waals surface area contributed by atoms with Crippen molar-refractivity contribution in [2.75, 3.05) is 14.1 Å². The molecule has 1 aliphatic carbocycles. The number of hydrogen-bond donors (Lipinski definition) is 1. The third kappa shape index (κ3) is 2.94. The Kier molecular flexibility index (Phi) is 3.77. The van der Waals surface area contributed by atoms with Gasteiger partial charge in [0.15, 0.2) is 0 Å². The molecule has 88 valence electrons. The van der Waals surface area contributed by atoms with Crippen LogP contribution < -0.4 is 0 Å². The SMILES string of the molecule is CN(C)C1CC(C(C)(C)C)CC/C1=N/O. The lowest BCUT2D eigenvalue weighted by atomic mass is 9.70. The second kappa shape index (κ2) is 4.52. The predicted molar refractivity (Wildman–Crippen MR) is 63.5 cm³/mol. The van der Waals surface area contributed by atoms with E-state index in [4.69, 9.17) is 5.21 Å². The lowest BCUT2D eigenvalue weighted by Crippen LogP contribution is -2.43. The zero-order valence-electron chi connectivity index (χ0n) is 10.6. The van der Waals surface area contributed by atoms with Crippen LogP contribution in [-0.4, -0.2) is 36.0 Å². The number of oxime groups is 1. The second-order valence-electron chi connectivity index (χ2n) is 5.91. The molecule has 0 amide bonds. The summed E-state index contributed by atoms with van der Waals surface area (Å²) in [6.45, 7) is 6.89. The van der Waals surface area contributed by atoms with E-state index in [1.54, 1.807) is 0 Å². The maximum absolute atomic E-state index is 8.96. The highest BCUT2D eigenvalue weighted by atomic mass is 16.4. The molecular weight excluding hydrogens is 188 g/mol. The second-order valence-corrected chi connectivity index (χ2v) is 5.91. The van der Waals surface area contributed by atoms with Gasteiger partial charge in [0.1, 0.15) is 0 Å². The first-order valence-electron chi connectivity index (χ1n) is 5.73. The third-order valence-corrected chi connectivity index (χ3v) is 3.62. The zero-order valence-corrected chi connectivity index (χ0v) is 10.6. The topological polar surface area (TPSA) is 35.8 Å². The normalized spacial score (nSPS) is 31.2. The van der Waals surface area contributed by atoms with Crippen molar-refractivity contribution in [3.63, 3.8) is 0 Å². The molecule has 3 heteroatoms. The van der Waals surface area contributed by atoms with Gasteiger partial charge in [-0.05, 0) is 44.7 Å². The smallest absolute Gasteiger partial charge is 0.0741 e. The fraction of sp³-hybridized carbons (Fsp3) is 0.917. The fourth-order valence-corrected chi connectivity index (χ4v) is 2.42. The van der Waals surface area contributed by atoms with Gasteiger partial charge >= 0.3 is 0 Å². The Balaban J connectivity index is 2.75. The maximum Gasteiger partial charge on any atom is 0.0741 e. The van der Waals surface area contributed by atoms with E-state index in [0.717, 1.165) is 30.9 Å².